The number of rotatable bonds is 0. The van der Waals surface area contributed by atoms with Crippen LogP contribution in [-0.4, -0.2) is 16.5 Å². The third-order valence-corrected chi connectivity index (χ3v) is 1.32. The van der Waals surface area contributed by atoms with Crippen molar-refractivity contribution in [2.75, 3.05) is 0 Å². The third-order valence-electron chi connectivity index (χ3n) is 0.939. The van der Waals surface area contributed by atoms with Crippen LogP contribution in [0.25, 0.3) is 0 Å². The largest absolute Gasteiger partial charge is 0.483 e. The molecule has 0 aromatic carbocycles. The Morgan fingerprint density at radius 1 is 1.75 bits per heavy atom. The van der Waals surface area contributed by atoms with E-state index in [2.05, 4.69) is 6.92 Å². The smallest absolute Gasteiger partial charge is 0.290 e. The maximum atomic E-state index is 8.36. The summed E-state index contributed by atoms with van der Waals surface area (Å²) in [7, 11) is 0. The normalized spacial score (nSPS) is 20.2. The van der Waals surface area contributed by atoms with E-state index in [4.69, 9.17) is 21.5 Å². The van der Waals surface area contributed by atoms with Crippen LogP contribution in [0.2, 0.25) is 0 Å². The Bertz CT molecular complexity index is 74.5. The zero-order valence-electron chi connectivity index (χ0n) is 4.72. The van der Waals surface area contributed by atoms with Crippen LogP contribution >= 0.6 is 11.6 Å². The van der Waals surface area contributed by atoms with Crippen LogP contribution in [0.5, 0.6) is 0 Å². The van der Waals surface area contributed by atoms with Gasteiger partial charge in [-0.25, -0.2) is 0 Å². The van der Waals surface area contributed by atoms with Crippen molar-refractivity contribution in [1.82, 2.24) is 0 Å². The molecule has 0 atom stereocenters. The first-order valence-corrected chi connectivity index (χ1v) is 2.77. The van der Waals surface area contributed by atoms with Gasteiger partial charge in [0.25, 0.3) is 6.47 Å². The van der Waals surface area contributed by atoms with Crippen LogP contribution < -0.4 is 0 Å². The van der Waals surface area contributed by atoms with E-state index in [0.717, 1.165) is 0 Å². The van der Waals surface area contributed by atoms with Crippen molar-refractivity contribution in [2.45, 2.75) is 24.6 Å². The van der Waals surface area contributed by atoms with Gasteiger partial charge in [0.05, 0.1) is 0 Å². The van der Waals surface area contributed by atoms with Crippen molar-refractivity contribution in [3.63, 3.8) is 0 Å². The highest BCUT2D eigenvalue weighted by Gasteiger charge is 2.33. The van der Waals surface area contributed by atoms with Gasteiger partial charge >= 0.3 is 0 Å². The van der Waals surface area contributed by atoms with Gasteiger partial charge in [-0.3, -0.25) is 4.79 Å². The van der Waals surface area contributed by atoms with Gasteiger partial charge in [0, 0.05) is 4.87 Å². The lowest BCUT2D eigenvalue weighted by molar-refractivity contribution is -0.122. The molecule has 1 rings (SSSR count). The van der Waals surface area contributed by atoms with E-state index >= 15 is 0 Å². The topological polar surface area (TPSA) is 37.3 Å². The Hall–Kier alpha value is -0.240. The van der Waals surface area contributed by atoms with Crippen LogP contribution in [0.3, 0.4) is 0 Å². The van der Waals surface area contributed by atoms with Gasteiger partial charge < -0.3 is 5.11 Å². The zero-order valence-corrected chi connectivity index (χ0v) is 5.48. The molecule has 1 aliphatic carbocycles. The molecule has 1 aliphatic rings. The number of carboxylic acid groups (broad SMARTS) is 1. The Balaban J connectivity index is 0.000000145. The molecule has 48 valence electrons. The summed E-state index contributed by atoms with van der Waals surface area (Å²) in [6.45, 7) is 1.81. The molecule has 0 spiro atoms. The van der Waals surface area contributed by atoms with Crippen LogP contribution in [0.15, 0.2) is 0 Å². The monoisotopic (exact) mass is 136 g/mol. The van der Waals surface area contributed by atoms with Crippen molar-refractivity contribution in [1.29, 1.82) is 0 Å². The van der Waals surface area contributed by atoms with E-state index in [0.29, 0.717) is 0 Å². The summed E-state index contributed by atoms with van der Waals surface area (Å²) in [5.74, 6) is 0. The Morgan fingerprint density at radius 2 is 1.88 bits per heavy atom. The first-order chi connectivity index (χ1) is 3.62. The number of carbonyl (C=O) groups is 1. The highest BCUT2D eigenvalue weighted by molar-refractivity contribution is 6.25. The second-order valence-electron chi connectivity index (χ2n) is 2.02. The zero-order chi connectivity index (χ0) is 6.62. The molecule has 2 nitrogen and oxygen atoms in total. The highest BCUT2D eigenvalue weighted by Crippen LogP contribution is 2.41. The Morgan fingerprint density at radius 3 is 1.88 bits per heavy atom. The van der Waals surface area contributed by atoms with Crippen molar-refractivity contribution >= 4 is 18.1 Å². The number of alkyl halides is 1. The highest BCUT2D eigenvalue weighted by atomic mass is 35.5. The van der Waals surface area contributed by atoms with Gasteiger partial charge in [-0.05, 0) is 19.8 Å². The van der Waals surface area contributed by atoms with Crippen LogP contribution in [0, 0.1) is 0 Å². The summed E-state index contributed by atoms with van der Waals surface area (Å²) >= 11 is 5.64. The summed E-state index contributed by atoms with van der Waals surface area (Å²) < 4.78 is 0. The number of hydrogen-bond acceptors (Lipinski definition) is 1. The van der Waals surface area contributed by atoms with Crippen molar-refractivity contribution in [3.8, 4) is 0 Å². The van der Waals surface area contributed by atoms with Crippen LogP contribution in [0.1, 0.15) is 19.8 Å². The minimum absolute atomic E-state index is 0.222. The molecule has 0 aromatic heterocycles. The molecule has 8 heavy (non-hydrogen) atoms. The quantitative estimate of drug-likeness (QED) is 0.405. The van der Waals surface area contributed by atoms with Crippen LogP contribution in [-0.2, 0) is 4.79 Å². The molecule has 0 radical (unpaired) electrons. The lowest BCUT2D eigenvalue weighted by atomic mass is 10.5. The predicted octanol–water partition coefficient (Wildman–Crippen LogP) is 1.48. The summed E-state index contributed by atoms with van der Waals surface area (Å²) in [6, 6.07) is 0. The minimum Gasteiger partial charge on any atom is -0.483 e. The minimum atomic E-state index is -0.250. The maximum absolute atomic E-state index is 8.36. The van der Waals surface area contributed by atoms with Crippen LogP contribution in [0.4, 0.5) is 0 Å². The molecule has 1 N–H and O–H groups in total. The third kappa shape index (κ3) is 5.76. The molecule has 1 fully saturated rings. The molecule has 0 amide bonds. The van der Waals surface area contributed by atoms with Crippen molar-refractivity contribution in [2.24, 2.45) is 0 Å². The predicted molar refractivity (Wildman–Crippen MR) is 32.2 cm³/mol. The average molecular weight is 137 g/mol. The molecule has 0 bridgehead atoms. The molecular formula is C5H9ClO2. The number of hydrogen-bond donors (Lipinski definition) is 1. The van der Waals surface area contributed by atoms with E-state index in [1.54, 1.807) is 0 Å². The van der Waals surface area contributed by atoms with Crippen molar-refractivity contribution in [3.05, 3.63) is 0 Å². The average Bonchev–Trinajstić information content (AvgIpc) is 2.22. The Kier molecular flexibility index (Phi) is 2.84. The summed E-state index contributed by atoms with van der Waals surface area (Å²) in [5.41, 5.74) is 0. The molecule has 3 heteroatoms. The van der Waals surface area contributed by atoms with Gasteiger partial charge in [-0.15, -0.1) is 11.6 Å². The Labute approximate surface area is 53.5 Å². The summed E-state index contributed by atoms with van der Waals surface area (Å²) in [5, 5.41) is 6.89. The molecule has 0 aromatic rings. The second kappa shape index (κ2) is 2.92. The van der Waals surface area contributed by atoms with Gasteiger partial charge in [-0.2, -0.15) is 0 Å². The van der Waals surface area contributed by atoms with Gasteiger partial charge in [0.15, 0.2) is 0 Å². The van der Waals surface area contributed by atoms with Gasteiger partial charge in [0.2, 0.25) is 0 Å². The molecule has 1 saturated carbocycles. The maximum Gasteiger partial charge on any atom is 0.290 e. The van der Waals surface area contributed by atoms with Gasteiger partial charge in [-0.1, -0.05) is 0 Å². The summed E-state index contributed by atoms with van der Waals surface area (Å²) in [6.07, 6.45) is 2.43. The lowest BCUT2D eigenvalue weighted by Gasteiger charge is -1.82. The first kappa shape index (κ1) is 7.76. The van der Waals surface area contributed by atoms with Gasteiger partial charge in [0.1, 0.15) is 0 Å². The fraction of sp³-hybridized carbons (Fsp3) is 0.800. The second-order valence-corrected chi connectivity index (χ2v) is 2.93. The lowest BCUT2D eigenvalue weighted by Crippen LogP contribution is -1.80. The fourth-order valence-electron chi connectivity index (χ4n) is 0.172. The fourth-order valence-corrected chi connectivity index (χ4v) is 0.267. The molecule has 0 heterocycles. The van der Waals surface area contributed by atoms with E-state index in [-0.39, 0.29) is 11.3 Å². The van der Waals surface area contributed by atoms with E-state index < -0.39 is 0 Å². The van der Waals surface area contributed by atoms with E-state index in [1.165, 1.54) is 12.8 Å². The van der Waals surface area contributed by atoms with E-state index in [1.807, 2.05) is 0 Å². The number of halogens is 1. The molecule has 0 saturated heterocycles. The van der Waals surface area contributed by atoms with E-state index in [9.17, 15) is 0 Å². The van der Waals surface area contributed by atoms with Crippen molar-refractivity contribution < 1.29 is 9.90 Å². The molecule has 0 unspecified atom stereocenters. The first-order valence-electron chi connectivity index (χ1n) is 2.39. The molecular weight excluding hydrogens is 128 g/mol. The molecule has 0 aliphatic heterocycles. The standard InChI is InChI=1S/C4H7Cl.CH2O2/c1-4(5)2-3-4;2-1-3/h2-3H2,1H3;1H,(H,2,3). The SMILES string of the molecule is CC1(Cl)CC1.O=CO. The summed E-state index contributed by atoms with van der Waals surface area (Å²) in [4.78, 5) is 8.58.